The minimum atomic E-state index is -2.39. The Labute approximate surface area is 144 Å². The van der Waals surface area contributed by atoms with Gasteiger partial charge in [0.1, 0.15) is 12.4 Å². The molecule has 0 bridgehead atoms. The van der Waals surface area contributed by atoms with E-state index in [0.717, 1.165) is 12.0 Å². The first-order valence-corrected chi connectivity index (χ1v) is 11.1. The summed E-state index contributed by atoms with van der Waals surface area (Å²) < 4.78 is 17.3. The van der Waals surface area contributed by atoms with Gasteiger partial charge in [-0.15, -0.1) is 9.93 Å². The van der Waals surface area contributed by atoms with E-state index < -0.39 is 9.93 Å². The fourth-order valence-electron chi connectivity index (χ4n) is 3.10. The molecule has 0 N–H and O–H groups in total. The van der Waals surface area contributed by atoms with Crippen LogP contribution < -0.4 is 0 Å². The van der Waals surface area contributed by atoms with E-state index in [4.69, 9.17) is 4.74 Å². The van der Waals surface area contributed by atoms with Crippen molar-refractivity contribution in [2.24, 2.45) is 11.8 Å². The van der Waals surface area contributed by atoms with Gasteiger partial charge in [0.2, 0.25) is 0 Å². The van der Waals surface area contributed by atoms with Gasteiger partial charge in [-0.25, -0.2) is 4.79 Å². The monoisotopic (exact) mass is 353 g/mol. The number of rotatable bonds is 6. The number of carbonyl (C=O) groups is 2. The van der Waals surface area contributed by atoms with E-state index in [1.165, 1.54) is 0 Å². The molecule has 0 aliphatic carbocycles. The maximum atomic E-state index is 12.4. The largest absolute Gasteiger partial charge is 0.445 e. The third-order valence-corrected chi connectivity index (χ3v) is 5.45. The van der Waals surface area contributed by atoms with Crippen molar-refractivity contribution in [3.8, 4) is 0 Å². The number of carbonyl (C=O) groups excluding carboxylic acids is 2. The van der Waals surface area contributed by atoms with Crippen LogP contribution in [0.4, 0.5) is 4.79 Å². The Hall–Kier alpha value is -1.69. The molecule has 1 amide bonds. The van der Waals surface area contributed by atoms with Crippen molar-refractivity contribution in [2.75, 3.05) is 31.4 Å². The second kappa shape index (κ2) is 7.92. The van der Waals surface area contributed by atoms with Crippen molar-refractivity contribution in [1.82, 2.24) is 4.90 Å². The number of nitrogens with zero attached hydrogens (tertiary/aromatic N) is 1. The number of thiol groups is 1. The third kappa shape index (κ3) is 5.16. The number of benzene rings is 1. The van der Waals surface area contributed by atoms with Gasteiger partial charge in [-0.1, -0.05) is 43.7 Å². The quantitative estimate of drug-likeness (QED) is 0.796. The number of likely N-dealkylation sites (tertiary alicyclic amines) is 1. The van der Waals surface area contributed by atoms with Gasteiger partial charge in [0.05, 0.1) is 5.75 Å². The molecule has 1 heterocycles. The lowest BCUT2D eigenvalue weighted by Gasteiger charge is -2.18. The summed E-state index contributed by atoms with van der Waals surface area (Å²) in [5.74, 6) is 0.00974. The summed E-state index contributed by atoms with van der Waals surface area (Å²) in [5, 5.41) is 0. The fraction of sp³-hybridized carbons (Fsp3) is 0.556. The number of amides is 1. The summed E-state index contributed by atoms with van der Waals surface area (Å²) in [5.41, 5.74) is 0.933. The first-order chi connectivity index (χ1) is 11.3. The Morgan fingerprint density at radius 1 is 1.21 bits per heavy atom. The molecule has 0 aromatic heterocycles. The molecule has 0 unspecified atom stereocenters. The van der Waals surface area contributed by atoms with Crippen LogP contribution >= 0.6 is 0 Å². The first kappa shape index (κ1) is 18.6. The Morgan fingerprint density at radius 3 is 2.46 bits per heavy atom. The summed E-state index contributed by atoms with van der Waals surface area (Å²) in [4.78, 5) is 26.3. The van der Waals surface area contributed by atoms with E-state index in [0.29, 0.717) is 13.1 Å². The average Bonchev–Trinajstić information content (AvgIpc) is 2.96. The maximum Gasteiger partial charge on any atom is 0.410 e. The highest BCUT2D eigenvalue weighted by Crippen LogP contribution is 2.28. The van der Waals surface area contributed by atoms with E-state index in [9.17, 15) is 13.8 Å². The van der Waals surface area contributed by atoms with Crippen molar-refractivity contribution < 1.29 is 18.5 Å². The summed E-state index contributed by atoms with van der Waals surface area (Å²) >= 11 is 0. The first-order valence-electron chi connectivity index (χ1n) is 8.32. The molecular weight excluding hydrogens is 326 g/mol. The van der Waals surface area contributed by atoms with Crippen LogP contribution in [0.15, 0.2) is 30.3 Å². The molecule has 2 rings (SSSR count). The van der Waals surface area contributed by atoms with Crippen LogP contribution in [-0.4, -0.2) is 52.3 Å². The molecule has 0 saturated carbocycles. The predicted octanol–water partition coefficient (Wildman–Crippen LogP) is 2.13. The molecular formula is C18H27NO4S. The highest BCUT2D eigenvalue weighted by Gasteiger charge is 2.39. The minimum Gasteiger partial charge on any atom is -0.445 e. The van der Waals surface area contributed by atoms with E-state index in [-0.39, 0.29) is 36.1 Å². The van der Waals surface area contributed by atoms with Gasteiger partial charge in [-0.2, -0.15) is 0 Å². The van der Waals surface area contributed by atoms with Gasteiger partial charge in [-0.05, 0) is 24.0 Å². The summed E-state index contributed by atoms with van der Waals surface area (Å²) in [6.07, 6.45) is 3.69. The number of hydrogen-bond acceptors (Lipinski definition) is 4. The third-order valence-electron chi connectivity index (χ3n) is 4.38. The van der Waals surface area contributed by atoms with Crippen LogP contribution in [0.3, 0.4) is 0 Å². The van der Waals surface area contributed by atoms with Crippen LogP contribution in [0.5, 0.6) is 0 Å². The van der Waals surface area contributed by atoms with Gasteiger partial charge >= 0.3 is 6.09 Å². The van der Waals surface area contributed by atoms with E-state index >= 15 is 0 Å². The molecule has 0 spiro atoms. The highest BCUT2D eigenvalue weighted by molar-refractivity contribution is 8.02. The average molecular weight is 353 g/mol. The topological polar surface area (TPSA) is 63.7 Å². The molecule has 6 heteroatoms. The van der Waals surface area contributed by atoms with Crippen LogP contribution in [0.1, 0.15) is 18.9 Å². The molecule has 1 aromatic rings. The van der Waals surface area contributed by atoms with Crippen LogP contribution in [-0.2, 0) is 26.1 Å². The standard InChI is InChI=1S/C18H27NO4S/c1-4-15-10-19(11-16(15)17(20)13-24(2,3)22)18(21)23-12-14-8-6-5-7-9-14/h5-9,15-16,24H,4,10-13H2,1-3H3/t15-,16+/m1/s1. The van der Waals surface area contributed by atoms with Gasteiger partial charge in [-0.3, -0.25) is 9.00 Å². The lowest BCUT2D eigenvalue weighted by molar-refractivity contribution is -0.121. The second-order valence-corrected chi connectivity index (χ2v) is 10.4. The summed E-state index contributed by atoms with van der Waals surface area (Å²) in [6, 6.07) is 9.51. The van der Waals surface area contributed by atoms with Gasteiger partial charge in [0.15, 0.2) is 0 Å². The van der Waals surface area contributed by atoms with Gasteiger partial charge < -0.3 is 9.64 Å². The Bertz CT molecular complexity index is 625. The fourth-order valence-corrected chi connectivity index (χ4v) is 4.09. The lowest BCUT2D eigenvalue weighted by Crippen LogP contribution is -2.33. The molecule has 1 aromatic carbocycles. The lowest BCUT2D eigenvalue weighted by atomic mass is 9.91. The Morgan fingerprint density at radius 2 is 1.88 bits per heavy atom. The number of Topliss-reactive ketones (excluding diaryl/α,β-unsaturated/α-hetero) is 1. The zero-order valence-electron chi connectivity index (χ0n) is 14.6. The number of hydrogen-bond donors (Lipinski definition) is 1. The Balaban J connectivity index is 1.93. The molecule has 5 nitrogen and oxygen atoms in total. The van der Waals surface area contributed by atoms with Crippen molar-refractivity contribution in [1.29, 1.82) is 0 Å². The van der Waals surface area contributed by atoms with Crippen molar-refractivity contribution >= 4 is 21.8 Å². The molecule has 1 aliphatic heterocycles. The summed E-state index contributed by atoms with van der Waals surface area (Å²) in [7, 11) is -2.39. The Kier molecular flexibility index (Phi) is 6.15. The van der Waals surface area contributed by atoms with Crippen LogP contribution in [0.25, 0.3) is 0 Å². The van der Waals surface area contributed by atoms with E-state index in [1.54, 1.807) is 17.4 Å². The van der Waals surface area contributed by atoms with Crippen LogP contribution in [0, 0.1) is 11.8 Å². The highest BCUT2D eigenvalue weighted by atomic mass is 32.2. The predicted molar refractivity (Wildman–Crippen MR) is 96.7 cm³/mol. The molecule has 2 atom stereocenters. The van der Waals surface area contributed by atoms with Crippen LogP contribution in [0.2, 0.25) is 0 Å². The zero-order valence-corrected chi connectivity index (χ0v) is 15.5. The molecule has 1 aliphatic rings. The van der Waals surface area contributed by atoms with Gasteiger partial charge in [0.25, 0.3) is 0 Å². The molecule has 24 heavy (non-hydrogen) atoms. The SMILES string of the molecule is CC[C@@H]1CN(C(=O)OCc2ccccc2)C[C@@H]1C(=O)C[SH](C)(C)=O. The summed E-state index contributed by atoms with van der Waals surface area (Å²) in [6.45, 7) is 3.13. The van der Waals surface area contributed by atoms with E-state index in [2.05, 4.69) is 0 Å². The number of ether oxygens (including phenoxy) is 1. The van der Waals surface area contributed by atoms with Crippen molar-refractivity contribution in [3.05, 3.63) is 35.9 Å². The molecule has 1 saturated heterocycles. The van der Waals surface area contributed by atoms with Crippen molar-refractivity contribution in [3.63, 3.8) is 0 Å². The smallest absolute Gasteiger partial charge is 0.410 e. The van der Waals surface area contributed by atoms with E-state index in [1.807, 2.05) is 37.3 Å². The normalized spacial score (nSPS) is 21.5. The molecule has 134 valence electrons. The maximum absolute atomic E-state index is 12.4. The number of ketones is 1. The van der Waals surface area contributed by atoms with Crippen molar-refractivity contribution in [2.45, 2.75) is 20.0 Å². The second-order valence-electron chi connectivity index (χ2n) is 6.92. The zero-order chi connectivity index (χ0) is 17.7. The minimum absolute atomic E-state index is 0.00791. The van der Waals surface area contributed by atoms with Gasteiger partial charge in [0, 0.05) is 19.0 Å². The molecule has 0 radical (unpaired) electrons. The molecule has 1 fully saturated rings.